The number of hydrogen-bond donors (Lipinski definition) is 2. The highest BCUT2D eigenvalue weighted by Crippen LogP contribution is 2.24. The van der Waals surface area contributed by atoms with Gasteiger partial charge in [0.1, 0.15) is 0 Å². The van der Waals surface area contributed by atoms with Gasteiger partial charge >= 0.3 is 5.97 Å². The van der Waals surface area contributed by atoms with Crippen molar-refractivity contribution < 1.29 is 19.4 Å². The molecule has 1 aromatic carbocycles. The molecule has 7 nitrogen and oxygen atoms in total. The summed E-state index contributed by atoms with van der Waals surface area (Å²) >= 11 is 0. The number of aromatic nitrogens is 2. The highest BCUT2D eigenvalue weighted by Gasteiger charge is 2.34. The van der Waals surface area contributed by atoms with E-state index in [2.05, 4.69) is 10.4 Å². The number of aliphatic carboxylic acids is 1. The van der Waals surface area contributed by atoms with Crippen LogP contribution in [-0.2, 0) is 4.79 Å². The smallest absolute Gasteiger partial charge is 0.305 e. The number of benzene rings is 1. The summed E-state index contributed by atoms with van der Waals surface area (Å²) in [5.41, 5.74) is 0.00500. The van der Waals surface area contributed by atoms with Gasteiger partial charge in [0, 0.05) is 0 Å². The number of carbonyl (C=O) groups is 2. The number of para-hydroxylation sites is 1. The van der Waals surface area contributed by atoms with Crippen LogP contribution in [0.2, 0.25) is 0 Å². The molecule has 2 rings (SSSR count). The highest BCUT2D eigenvalue weighted by molar-refractivity contribution is 5.95. The van der Waals surface area contributed by atoms with E-state index in [0.717, 1.165) is 5.69 Å². The van der Waals surface area contributed by atoms with Crippen LogP contribution in [0.4, 0.5) is 0 Å². The molecule has 1 heterocycles. The van der Waals surface area contributed by atoms with Crippen molar-refractivity contribution in [2.24, 2.45) is 5.92 Å². The maximum Gasteiger partial charge on any atom is 0.305 e. The van der Waals surface area contributed by atoms with E-state index in [4.69, 9.17) is 9.84 Å². The Morgan fingerprint density at radius 1 is 1.32 bits per heavy atom. The van der Waals surface area contributed by atoms with Crippen molar-refractivity contribution in [2.45, 2.75) is 32.7 Å². The lowest BCUT2D eigenvalue weighted by Crippen LogP contribution is -2.51. The molecule has 2 aromatic rings. The van der Waals surface area contributed by atoms with Crippen LogP contribution in [0.5, 0.6) is 5.75 Å². The van der Waals surface area contributed by atoms with E-state index < -0.39 is 17.4 Å². The molecule has 1 aromatic heterocycles. The number of methoxy groups -OCH3 is 1. The summed E-state index contributed by atoms with van der Waals surface area (Å²) in [6.45, 7) is 5.44. The minimum Gasteiger partial charge on any atom is -0.493 e. The Balaban J connectivity index is 2.32. The summed E-state index contributed by atoms with van der Waals surface area (Å²) in [5, 5.41) is 16.2. The Hall–Kier alpha value is -2.83. The van der Waals surface area contributed by atoms with Crippen LogP contribution in [-0.4, -0.2) is 39.4 Å². The van der Waals surface area contributed by atoms with Crippen molar-refractivity contribution in [1.29, 1.82) is 0 Å². The van der Waals surface area contributed by atoms with Gasteiger partial charge in [0.2, 0.25) is 0 Å². The van der Waals surface area contributed by atoms with Gasteiger partial charge in [-0.15, -0.1) is 0 Å². The largest absolute Gasteiger partial charge is 0.493 e. The van der Waals surface area contributed by atoms with Crippen LogP contribution < -0.4 is 10.1 Å². The van der Waals surface area contributed by atoms with Crippen LogP contribution >= 0.6 is 0 Å². The van der Waals surface area contributed by atoms with Gasteiger partial charge < -0.3 is 15.2 Å². The fraction of sp³-hybridized carbons (Fsp3) is 0.389. The first kappa shape index (κ1) is 18.5. The molecular formula is C18H23N3O4. The second-order valence-electron chi connectivity index (χ2n) is 6.42. The number of hydrogen-bond acceptors (Lipinski definition) is 4. The quantitative estimate of drug-likeness (QED) is 0.804. The van der Waals surface area contributed by atoms with E-state index in [1.165, 1.54) is 7.11 Å². The van der Waals surface area contributed by atoms with E-state index in [0.29, 0.717) is 5.75 Å². The lowest BCUT2D eigenvalue weighted by atomic mass is 9.85. The third kappa shape index (κ3) is 4.17. The van der Waals surface area contributed by atoms with Gasteiger partial charge in [-0.05, 0) is 25.0 Å². The Bertz CT molecular complexity index is 755. The zero-order valence-corrected chi connectivity index (χ0v) is 14.8. The first-order valence-electron chi connectivity index (χ1n) is 8.00. The van der Waals surface area contributed by atoms with E-state index >= 15 is 0 Å². The summed E-state index contributed by atoms with van der Waals surface area (Å²) in [6.07, 6.45) is 1.44. The van der Waals surface area contributed by atoms with Crippen LogP contribution in [0, 0.1) is 5.92 Å². The third-order valence-corrected chi connectivity index (χ3v) is 4.33. The summed E-state index contributed by atoms with van der Waals surface area (Å²) in [5.74, 6) is -1.19. The SMILES string of the molecule is COc1cn(-c2ccccc2)nc1C(=O)NC(C)(CC(=O)O)C(C)C. The lowest BCUT2D eigenvalue weighted by Gasteiger charge is -2.33. The Labute approximate surface area is 146 Å². The van der Waals surface area contributed by atoms with Crippen molar-refractivity contribution in [3.8, 4) is 11.4 Å². The first-order valence-corrected chi connectivity index (χ1v) is 8.00. The number of amides is 1. The minimum atomic E-state index is -0.974. The summed E-state index contributed by atoms with van der Waals surface area (Å²) in [4.78, 5) is 23.9. The van der Waals surface area contributed by atoms with Gasteiger partial charge in [-0.2, -0.15) is 5.10 Å². The molecule has 134 valence electrons. The molecular weight excluding hydrogens is 322 g/mol. The number of carboxylic acids is 1. The molecule has 1 atom stereocenters. The van der Waals surface area contributed by atoms with Crippen molar-refractivity contribution in [1.82, 2.24) is 15.1 Å². The molecule has 1 amide bonds. The molecule has 0 aliphatic carbocycles. The molecule has 7 heteroatoms. The second-order valence-corrected chi connectivity index (χ2v) is 6.42. The van der Waals surface area contributed by atoms with Gasteiger partial charge in [-0.25, -0.2) is 4.68 Å². The number of rotatable bonds is 7. The van der Waals surface area contributed by atoms with E-state index in [1.54, 1.807) is 17.8 Å². The molecule has 25 heavy (non-hydrogen) atoms. The second kappa shape index (κ2) is 7.38. The standard InChI is InChI=1S/C18H23N3O4/c1-12(2)18(3,10-15(22)23)19-17(24)16-14(25-4)11-21(20-16)13-8-6-5-7-9-13/h5-9,11-12H,10H2,1-4H3,(H,19,24)(H,22,23). The first-order chi connectivity index (χ1) is 11.8. The Morgan fingerprint density at radius 3 is 2.48 bits per heavy atom. The molecule has 0 aliphatic rings. The average molecular weight is 345 g/mol. The van der Waals surface area contributed by atoms with Crippen molar-refractivity contribution in [2.75, 3.05) is 7.11 Å². The summed E-state index contributed by atoms with van der Waals surface area (Å²) < 4.78 is 6.82. The maximum absolute atomic E-state index is 12.7. The van der Waals surface area contributed by atoms with E-state index in [1.807, 2.05) is 44.2 Å². The summed E-state index contributed by atoms with van der Waals surface area (Å²) in [6, 6.07) is 9.34. The van der Waals surface area contributed by atoms with Gasteiger partial charge in [-0.3, -0.25) is 9.59 Å². The molecule has 0 fully saturated rings. The normalized spacial score (nSPS) is 13.3. The van der Waals surface area contributed by atoms with Crippen LogP contribution in [0.25, 0.3) is 5.69 Å². The number of nitrogens with zero attached hydrogens (tertiary/aromatic N) is 2. The number of carboxylic acid groups (broad SMARTS) is 1. The number of carbonyl (C=O) groups excluding carboxylic acids is 1. The number of ether oxygens (including phenoxy) is 1. The molecule has 0 saturated heterocycles. The van der Waals surface area contributed by atoms with Gasteiger partial charge in [0.15, 0.2) is 11.4 Å². The third-order valence-electron chi connectivity index (χ3n) is 4.33. The van der Waals surface area contributed by atoms with E-state index in [-0.39, 0.29) is 18.0 Å². The predicted octanol–water partition coefficient (Wildman–Crippen LogP) is 2.50. The topological polar surface area (TPSA) is 93.5 Å². The highest BCUT2D eigenvalue weighted by atomic mass is 16.5. The Kier molecular flexibility index (Phi) is 5.46. The number of nitrogens with one attached hydrogen (secondary N) is 1. The van der Waals surface area contributed by atoms with Crippen LogP contribution in [0.3, 0.4) is 0 Å². The van der Waals surface area contributed by atoms with Gasteiger partial charge in [0.05, 0.1) is 31.0 Å². The fourth-order valence-electron chi connectivity index (χ4n) is 2.40. The maximum atomic E-state index is 12.7. The molecule has 0 bridgehead atoms. The van der Waals surface area contributed by atoms with Gasteiger partial charge in [-0.1, -0.05) is 32.0 Å². The fourth-order valence-corrected chi connectivity index (χ4v) is 2.40. The zero-order valence-electron chi connectivity index (χ0n) is 14.8. The van der Waals surface area contributed by atoms with Crippen molar-refractivity contribution >= 4 is 11.9 Å². The van der Waals surface area contributed by atoms with Crippen LogP contribution in [0.15, 0.2) is 36.5 Å². The van der Waals surface area contributed by atoms with Gasteiger partial charge in [0.25, 0.3) is 5.91 Å². The van der Waals surface area contributed by atoms with Crippen molar-refractivity contribution in [3.05, 3.63) is 42.2 Å². The van der Waals surface area contributed by atoms with E-state index in [9.17, 15) is 9.59 Å². The monoisotopic (exact) mass is 345 g/mol. The lowest BCUT2D eigenvalue weighted by molar-refractivity contribution is -0.138. The molecule has 0 saturated carbocycles. The molecule has 0 radical (unpaired) electrons. The average Bonchev–Trinajstić information content (AvgIpc) is 2.99. The predicted molar refractivity (Wildman–Crippen MR) is 93.1 cm³/mol. The zero-order chi connectivity index (χ0) is 18.6. The minimum absolute atomic E-state index is 0.0743. The van der Waals surface area contributed by atoms with Crippen molar-refractivity contribution in [3.63, 3.8) is 0 Å². The molecule has 1 unspecified atom stereocenters. The molecule has 0 spiro atoms. The van der Waals surface area contributed by atoms with Crippen LogP contribution in [0.1, 0.15) is 37.7 Å². The molecule has 2 N–H and O–H groups in total. The summed E-state index contributed by atoms with van der Waals surface area (Å²) in [7, 11) is 1.46. The molecule has 0 aliphatic heterocycles. The Morgan fingerprint density at radius 2 is 1.96 bits per heavy atom.